The Kier molecular flexibility index (Phi) is 7.70. The third kappa shape index (κ3) is 7.20. The minimum absolute atomic E-state index is 0.00381. The zero-order chi connectivity index (χ0) is 19.0. The summed E-state index contributed by atoms with van der Waals surface area (Å²) in [6, 6.07) is 14.4. The molecule has 26 heavy (non-hydrogen) atoms. The lowest BCUT2D eigenvalue weighted by Crippen LogP contribution is -2.27. The summed E-state index contributed by atoms with van der Waals surface area (Å²) in [5.41, 5.74) is 2.09. The number of thioether (sulfide) groups is 1. The number of hydrogen-bond donors (Lipinski definition) is 1. The number of carbonyl (C=O) groups is 1. The molecule has 0 unspecified atom stereocenters. The van der Waals surface area contributed by atoms with Crippen molar-refractivity contribution in [2.24, 2.45) is 5.41 Å². The molecule has 0 aliphatic heterocycles. The smallest absolute Gasteiger partial charge is 0.252 e. The van der Waals surface area contributed by atoms with Crippen LogP contribution in [0.3, 0.4) is 0 Å². The van der Waals surface area contributed by atoms with Crippen LogP contribution in [0.5, 0.6) is 0 Å². The van der Waals surface area contributed by atoms with Crippen molar-refractivity contribution in [3.63, 3.8) is 0 Å². The van der Waals surface area contributed by atoms with E-state index < -0.39 is 0 Å². The molecule has 2 nitrogen and oxygen atoms in total. The van der Waals surface area contributed by atoms with Crippen LogP contribution in [0, 0.1) is 11.2 Å². The van der Waals surface area contributed by atoms with Crippen LogP contribution in [0.25, 0.3) is 0 Å². The largest absolute Gasteiger partial charge is 0.352 e. The van der Waals surface area contributed by atoms with E-state index in [4.69, 9.17) is 0 Å². The molecule has 0 aliphatic rings. The van der Waals surface area contributed by atoms with E-state index in [1.54, 1.807) is 11.8 Å². The van der Waals surface area contributed by atoms with Crippen LogP contribution in [-0.2, 0) is 6.42 Å². The van der Waals surface area contributed by atoms with Gasteiger partial charge in [-0.05, 0) is 60.3 Å². The maximum Gasteiger partial charge on any atom is 0.252 e. The lowest BCUT2D eigenvalue weighted by molar-refractivity contribution is 0.0946. The third-order valence-electron chi connectivity index (χ3n) is 4.07. The second-order valence-electron chi connectivity index (χ2n) is 7.64. The van der Waals surface area contributed by atoms with E-state index in [0.29, 0.717) is 6.54 Å². The number of benzene rings is 2. The summed E-state index contributed by atoms with van der Waals surface area (Å²) in [4.78, 5) is 13.5. The van der Waals surface area contributed by atoms with Crippen molar-refractivity contribution >= 4 is 17.7 Å². The zero-order valence-corrected chi connectivity index (χ0v) is 16.7. The van der Waals surface area contributed by atoms with Gasteiger partial charge in [0, 0.05) is 11.4 Å². The molecule has 0 fully saturated rings. The first kappa shape index (κ1) is 20.5. The average molecular weight is 374 g/mol. The molecule has 2 rings (SSSR count). The van der Waals surface area contributed by atoms with Gasteiger partial charge in [0.15, 0.2) is 0 Å². The van der Waals surface area contributed by atoms with E-state index in [-0.39, 0.29) is 17.1 Å². The molecule has 0 heterocycles. The fourth-order valence-electron chi connectivity index (χ4n) is 2.54. The van der Waals surface area contributed by atoms with Crippen LogP contribution < -0.4 is 5.32 Å². The number of halogens is 1. The Morgan fingerprint density at radius 2 is 1.77 bits per heavy atom. The molecule has 1 N–H and O–H groups in total. The molecule has 0 radical (unpaired) electrons. The van der Waals surface area contributed by atoms with Gasteiger partial charge in [-0.25, -0.2) is 4.39 Å². The van der Waals surface area contributed by atoms with Gasteiger partial charge in [-0.1, -0.05) is 45.0 Å². The van der Waals surface area contributed by atoms with Gasteiger partial charge in [-0.3, -0.25) is 4.79 Å². The Morgan fingerprint density at radius 3 is 2.46 bits per heavy atom. The van der Waals surface area contributed by atoms with Crippen molar-refractivity contribution in [2.75, 3.05) is 12.3 Å². The standard InChI is InChI=1S/C22H28FNOS/c1-22(2,3)14-15-24-21(25)19-8-4-5-9-20(19)26-16-6-7-17-10-12-18(23)13-11-17/h4-5,8-13H,6-7,14-16H2,1-3H3,(H,24,25). The van der Waals surface area contributed by atoms with Gasteiger partial charge < -0.3 is 5.32 Å². The molecule has 0 aliphatic carbocycles. The quantitative estimate of drug-likeness (QED) is 0.474. The second-order valence-corrected chi connectivity index (χ2v) is 8.78. The lowest BCUT2D eigenvalue weighted by atomic mass is 9.92. The number of amides is 1. The SMILES string of the molecule is CC(C)(C)CCNC(=O)c1ccccc1SCCCc1ccc(F)cc1. The third-order valence-corrected chi connectivity index (χ3v) is 5.23. The van der Waals surface area contributed by atoms with Crippen molar-refractivity contribution in [1.82, 2.24) is 5.32 Å². The molecule has 4 heteroatoms. The van der Waals surface area contributed by atoms with E-state index >= 15 is 0 Å². The highest BCUT2D eigenvalue weighted by molar-refractivity contribution is 7.99. The lowest BCUT2D eigenvalue weighted by Gasteiger charge is -2.18. The maximum absolute atomic E-state index is 12.9. The predicted molar refractivity (Wildman–Crippen MR) is 108 cm³/mol. The molecular weight excluding hydrogens is 345 g/mol. The Balaban J connectivity index is 1.83. The monoisotopic (exact) mass is 373 g/mol. The van der Waals surface area contributed by atoms with Crippen LogP contribution >= 0.6 is 11.8 Å². The van der Waals surface area contributed by atoms with Gasteiger partial charge in [-0.15, -0.1) is 11.8 Å². The average Bonchev–Trinajstić information content (AvgIpc) is 2.59. The number of rotatable bonds is 8. The van der Waals surface area contributed by atoms with Gasteiger partial charge >= 0.3 is 0 Å². The van der Waals surface area contributed by atoms with E-state index in [9.17, 15) is 9.18 Å². The Hall–Kier alpha value is -1.81. The predicted octanol–water partition coefficient (Wildman–Crippen LogP) is 5.72. The van der Waals surface area contributed by atoms with Crippen LogP contribution in [0.15, 0.2) is 53.4 Å². The van der Waals surface area contributed by atoms with Crippen LogP contribution in [0.4, 0.5) is 4.39 Å². The van der Waals surface area contributed by atoms with Crippen LogP contribution in [0.2, 0.25) is 0 Å². The van der Waals surface area contributed by atoms with E-state index in [1.807, 2.05) is 36.4 Å². The Labute approximate surface area is 160 Å². The van der Waals surface area contributed by atoms with Gasteiger partial charge in [0.25, 0.3) is 5.91 Å². The van der Waals surface area contributed by atoms with Gasteiger partial charge in [0.1, 0.15) is 5.82 Å². The highest BCUT2D eigenvalue weighted by atomic mass is 32.2. The van der Waals surface area contributed by atoms with Crippen molar-refractivity contribution in [3.05, 3.63) is 65.5 Å². The van der Waals surface area contributed by atoms with Crippen LogP contribution in [-0.4, -0.2) is 18.2 Å². The minimum atomic E-state index is -0.200. The maximum atomic E-state index is 12.9. The molecule has 0 aromatic heterocycles. The molecule has 2 aromatic rings. The summed E-state index contributed by atoms with van der Waals surface area (Å²) in [5.74, 6) is 0.717. The van der Waals surface area contributed by atoms with Crippen LogP contribution in [0.1, 0.15) is 49.5 Å². The zero-order valence-electron chi connectivity index (χ0n) is 15.8. The molecule has 0 saturated carbocycles. The number of aryl methyl sites for hydroxylation is 1. The molecule has 140 valence electrons. The molecular formula is C22H28FNOS. The summed E-state index contributed by atoms with van der Waals surface area (Å²) in [5, 5.41) is 3.03. The summed E-state index contributed by atoms with van der Waals surface area (Å²) < 4.78 is 12.9. The number of carbonyl (C=O) groups excluding carboxylic acids is 1. The molecule has 0 bridgehead atoms. The molecule has 0 atom stereocenters. The van der Waals surface area contributed by atoms with E-state index in [1.165, 1.54) is 12.1 Å². The topological polar surface area (TPSA) is 29.1 Å². The van der Waals surface area contributed by atoms with Crippen molar-refractivity contribution in [3.8, 4) is 0 Å². The first-order chi connectivity index (χ1) is 12.3. The first-order valence-corrected chi connectivity index (χ1v) is 10.1. The normalized spacial score (nSPS) is 11.4. The number of hydrogen-bond acceptors (Lipinski definition) is 2. The Bertz CT molecular complexity index is 707. The summed E-state index contributed by atoms with van der Waals surface area (Å²) >= 11 is 1.70. The first-order valence-electron chi connectivity index (χ1n) is 9.10. The highest BCUT2D eigenvalue weighted by Gasteiger charge is 2.13. The second kappa shape index (κ2) is 9.77. The molecule has 1 amide bonds. The van der Waals surface area contributed by atoms with E-state index in [2.05, 4.69) is 26.1 Å². The summed E-state index contributed by atoms with van der Waals surface area (Å²) in [7, 11) is 0. The van der Waals surface area contributed by atoms with Gasteiger partial charge in [0.2, 0.25) is 0 Å². The van der Waals surface area contributed by atoms with E-state index in [0.717, 1.165) is 41.0 Å². The Morgan fingerprint density at radius 1 is 1.08 bits per heavy atom. The molecule has 2 aromatic carbocycles. The van der Waals surface area contributed by atoms with Gasteiger partial charge in [0.05, 0.1) is 5.56 Å². The fraction of sp³-hybridized carbons (Fsp3) is 0.409. The van der Waals surface area contributed by atoms with Crippen molar-refractivity contribution in [1.29, 1.82) is 0 Å². The fourth-order valence-corrected chi connectivity index (χ4v) is 3.54. The summed E-state index contributed by atoms with van der Waals surface area (Å²) in [6.45, 7) is 7.20. The van der Waals surface area contributed by atoms with Crippen molar-refractivity contribution in [2.45, 2.75) is 44.9 Å². The number of nitrogens with one attached hydrogen (secondary N) is 1. The van der Waals surface area contributed by atoms with Crippen molar-refractivity contribution < 1.29 is 9.18 Å². The minimum Gasteiger partial charge on any atom is -0.352 e. The molecule has 0 saturated heterocycles. The highest BCUT2D eigenvalue weighted by Crippen LogP contribution is 2.24. The van der Waals surface area contributed by atoms with Gasteiger partial charge in [-0.2, -0.15) is 0 Å². The molecule has 0 spiro atoms. The summed E-state index contributed by atoms with van der Waals surface area (Å²) in [6.07, 6.45) is 2.84.